The van der Waals surface area contributed by atoms with Crippen molar-refractivity contribution < 1.29 is 14.4 Å². The molecule has 0 spiro atoms. The van der Waals surface area contributed by atoms with Crippen molar-refractivity contribution in [2.45, 2.75) is 25.4 Å². The van der Waals surface area contributed by atoms with E-state index in [2.05, 4.69) is 10.6 Å². The van der Waals surface area contributed by atoms with Crippen LogP contribution in [0.15, 0.2) is 71.9 Å². The van der Waals surface area contributed by atoms with E-state index in [4.69, 9.17) is 0 Å². The van der Waals surface area contributed by atoms with Gasteiger partial charge < -0.3 is 20.4 Å². The highest BCUT2D eigenvalue weighted by molar-refractivity contribution is 6.03. The first-order valence-corrected chi connectivity index (χ1v) is 12.0. The Morgan fingerprint density at radius 2 is 1.74 bits per heavy atom. The van der Waals surface area contributed by atoms with Gasteiger partial charge in [-0.25, -0.2) is 4.79 Å². The minimum Gasteiger partial charge on any atom is -0.353 e. The zero-order chi connectivity index (χ0) is 24.9. The lowest BCUT2D eigenvalue weighted by Gasteiger charge is -2.32. The van der Waals surface area contributed by atoms with Crippen LogP contribution >= 0.6 is 0 Å². The first kappa shape index (κ1) is 24.5. The van der Waals surface area contributed by atoms with Crippen molar-refractivity contribution in [1.29, 1.82) is 0 Å². The van der Waals surface area contributed by atoms with E-state index < -0.39 is 12.1 Å². The first-order valence-electron chi connectivity index (χ1n) is 12.0. The fourth-order valence-electron chi connectivity index (χ4n) is 4.70. The summed E-state index contributed by atoms with van der Waals surface area (Å²) < 4.78 is 0. The van der Waals surface area contributed by atoms with E-state index in [0.29, 0.717) is 37.3 Å². The van der Waals surface area contributed by atoms with E-state index in [9.17, 15) is 14.4 Å². The second-order valence-electron chi connectivity index (χ2n) is 9.13. The molecule has 0 aromatic heterocycles. The number of amides is 4. The van der Waals surface area contributed by atoms with Gasteiger partial charge in [0.1, 0.15) is 6.04 Å². The van der Waals surface area contributed by atoms with Gasteiger partial charge in [-0.15, -0.1) is 0 Å². The van der Waals surface area contributed by atoms with Crippen molar-refractivity contribution in [3.05, 3.63) is 83.1 Å². The Balaban J connectivity index is 1.66. The second-order valence-corrected chi connectivity index (χ2v) is 9.13. The van der Waals surface area contributed by atoms with Gasteiger partial charge in [-0.2, -0.15) is 0 Å². The van der Waals surface area contributed by atoms with Gasteiger partial charge >= 0.3 is 6.03 Å². The normalized spacial score (nSPS) is 18.6. The molecule has 2 aromatic carbocycles. The largest absolute Gasteiger partial charge is 0.353 e. The van der Waals surface area contributed by atoms with Gasteiger partial charge in [-0.1, -0.05) is 60.7 Å². The summed E-state index contributed by atoms with van der Waals surface area (Å²) in [5.41, 5.74) is 3.03. The minimum absolute atomic E-state index is 0.192. The predicted octanol–water partition coefficient (Wildman–Crippen LogP) is 2.16. The fraction of sp³-hybridized carbons (Fsp3) is 0.370. The summed E-state index contributed by atoms with van der Waals surface area (Å²) in [6.07, 6.45) is 0.393. The van der Waals surface area contributed by atoms with Crippen LogP contribution in [0.2, 0.25) is 0 Å². The standard InChI is InChI=1S/C27H33N5O3/c1-4-31-22-18-32(26(34)23(22)24(29-27(31)35)20-13-9-6-10-14-20)21(17-19-11-7-5-8-12-19)25(33)28-15-16-30(2)3/h5-14,21,24H,4,15-18H2,1-3H3,(H,28,33)(H,29,35)/t21-,24-/m1/s1. The molecule has 0 bridgehead atoms. The van der Waals surface area contributed by atoms with Crippen LogP contribution in [0.25, 0.3) is 0 Å². The fourth-order valence-corrected chi connectivity index (χ4v) is 4.70. The molecule has 4 amide bonds. The Labute approximate surface area is 206 Å². The monoisotopic (exact) mass is 475 g/mol. The molecule has 2 heterocycles. The van der Waals surface area contributed by atoms with Crippen LogP contribution in [0.3, 0.4) is 0 Å². The van der Waals surface area contributed by atoms with Crippen LogP contribution < -0.4 is 10.6 Å². The van der Waals surface area contributed by atoms with Gasteiger partial charge in [-0.05, 0) is 32.1 Å². The number of nitrogens with zero attached hydrogens (tertiary/aromatic N) is 3. The van der Waals surface area contributed by atoms with E-state index in [0.717, 1.165) is 11.1 Å². The van der Waals surface area contributed by atoms with Crippen molar-refractivity contribution in [2.24, 2.45) is 0 Å². The van der Waals surface area contributed by atoms with Gasteiger partial charge in [0.2, 0.25) is 5.91 Å². The SMILES string of the molecule is CCN1C(=O)N[C@H](c2ccccc2)C2=C1CN([C@H](Cc1ccccc1)C(=O)NCCN(C)C)C2=O. The van der Waals surface area contributed by atoms with Gasteiger partial charge in [0.05, 0.1) is 23.9 Å². The van der Waals surface area contributed by atoms with Gasteiger partial charge in [0.15, 0.2) is 0 Å². The molecule has 0 aliphatic carbocycles. The zero-order valence-electron chi connectivity index (χ0n) is 20.5. The van der Waals surface area contributed by atoms with Crippen LogP contribution in [-0.2, 0) is 16.0 Å². The number of hydrogen-bond acceptors (Lipinski definition) is 4. The molecule has 8 nitrogen and oxygen atoms in total. The van der Waals surface area contributed by atoms with E-state index in [-0.39, 0.29) is 24.4 Å². The molecule has 0 saturated heterocycles. The summed E-state index contributed by atoms with van der Waals surface area (Å²) >= 11 is 0. The number of rotatable bonds is 9. The van der Waals surface area contributed by atoms with Gasteiger partial charge in [-0.3, -0.25) is 14.5 Å². The smallest absolute Gasteiger partial charge is 0.322 e. The molecule has 0 saturated carbocycles. The average Bonchev–Trinajstić information content (AvgIpc) is 3.19. The third-order valence-corrected chi connectivity index (χ3v) is 6.51. The molecule has 8 heteroatoms. The minimum atomic E-state index is -0.692. The number of carbonyl (C=O) groups excluding carboxylic acids is 3. The molecule has 35 heavy (non-hydrogen) atoms. The predicted molar refractivity (Wildman–Crippen MR) is 134 cm³/mol. The Bertz CT molecular complexity index is 1100. The van der Waals surface area contributed by atoms with Crippen molar-refractivity contribution in [1.82, 2.24) is 25.3 Å². The summed E-state index contributed by atoms with van der Waals surface area (Å²) in [5.74, 6) is -0.404. The average molecular weight is 476 g/mol. The topological polar surface area (TPSA) is 85.0 Å². The van der Waals surface area contributed by atoms with Gasteiger partial charge in [0, 0.05) is 26.1 Å². The van der Waals surface area contributed by atoms with Crippen LogP contribution in [0.5, 0.6) is 0 Å². The Morgan fingerprint density at radius 3 is 2.37 bits per heavy atom. The number of benzene rings is 2. The summed E-state index contributed by atoms with van der Waals surface area (Å²) in [6.45, 7) is 3.73. The lowest BCUT2D eigenvalue weighted by Crippen LogP contribution is -2.50. The van der Waals surface area contributed by atoms with E-state index in [1.54, 1.807) is 9.80 Å². The third kappa shape index (κ3) is 5.22. The maximum atomic E-state index is 13.9. The van der Waals surface area contributed by atoms with Crippen molar-refractivity contribution in [3.8, 4) is 0 Å². The van der Waals surface area contributed by atoms with E-state index in [1.807, 2.05) is 86.6 Å². The number of carbonyl (C=O) groups is 3. The summed E-state index contributed by atoms with van der Waals surface area (Å²) in [6, 6.07) is 17.7. The summed E-state index contributed by atoms with van der Waals surface area (Å²) in [7, 11) is 3.89. The number of likely N-dealkylation sites (N-methyl/N-ethyl adjacent to an activating group) is 2. The van der Waals surface area contributed by atoms with Crippen LogP contribution in [0.4, 0.5) is 4.79 Å². The highest BCUT2D eigenvalue weighted by Gasteiger charge is 2.46. The van der Waals surface area contributed by atoms with E-state index >= 15 is 0 Å². The Kier molecular flexibility index (Phi) is 7.51. The lowest BCUT2D eigenvalue weighted by molar-refractivity contribution is -0.136. The molecule has 2 aromatic rings. The quantitative estimate of drug-likeness (QED) is 0.582. The molecule has 0 fully saturated rings. The molecule has 2 atom stereocenters. The molecule has 2 aliphatic heterocycles. The third-order valence-electron chi connectivity index (χ3n) is 6.51. The molecule has 0 unspecified atom stereocenters. The Morgan fingerprint density at radius 1 is 1.09 bits per heavy atom. The molecule has 4 rings (SSSR count). The van der Waals surface area contributed by atoms with Crippen LogP contribution in [0, 0.1) is 0 Å². The molecular formula is C27H33N5O3. The maximum Gasteiger partial charge on any atom is 0.322 e. The lowest BCUT2D eigenvalue weighted by atomic mass is 9.95. The maximum absolute atomic E-state index is 13.9. The summed E-state index contributed by atoms with van der Waals surface area (Å²) in [4.78, 5) is 45.5. The molecule has 0 radical (unpaired) electrons. The van der Waals surface area contributed by atoms with Crippen molar-refractivity contribution in [3.63, 3.8) is 0 Å². The van der Waals surface area contributed by atoms with Gasteiger partial charge in [0.25, 0.3) is 5.91 Å². The molecule has 2 aliphatic rings. The zero-order valence-corrected chi connectivity index (χ0v) is 20.5. The van der Waals surface area contributed by atoms with Crippen LogP contribution in [0.1, 0.15) is 24.1 Å². The molecule has 2 N–H and O–H groups in total. The highest BCUT2D eigenvalue weighted by atomic mass is 16.2. The Hall–Kier alpha value is -3.65. The van der Waals surface area contributed by atoms with Crippen molar-refractivity contribution in [2.75, 3.05) is 40.3 Å². The number of nitrogens with one attached hydrogen (secondary N) is 2. The van der Waals surface area contributed by atoms with Crippen molar-refractivity contribution >= 4 is 17.8 Å². The van der Waals surface area contributed by atoms with Crippen LogP contribution in [-0.4, -0.2) is 78.9 Å². The summed E-state index contributed by atoms with van der Waals surface area (Å²) in [5, 5.41) is 6.00. The number of urea groups is 1. The molecule has 184 valence electrons. The number of hydrogen-bond donors (Lipinski definition) is 2. The van der Waals surface area contributed by atoms with E-state index in [1.165, 1.54) is 0 Å². The molecular weight excluding hydrogens is 442 g/mol. The highest BCUT2D eigenvalue weighted by Crippen LogP contribution is 2.37. The first-order chi connectivity index (χ1) is 16.9. The second kappa shape index (κ2) is 10.7.